The van der Waals surface area contributed by atoms with Crippen LogP contribution in [0, 0.1) is 0 Å². The predicted octanol–water partition coefficient (Wildman–Crippen LogP) is 5.66. The Morgan fingerprint density at radius 3 is 1.88 bits per heavy atom. The van der Waals surface area contributed by atoms with E-state index in [2.05, 4.69) is 62.5 Å². The van der Waals surface area contributed by atoms with E-state index in [1.54, 1.807) is 0 Å². The topological polar surface area (TPSA) is 186 Å². The van der Waals surface area contributed by atoms with Crippen molar-refractivity contribution in [3.8, 4) is 0 Å². The van der Waals surface area contributed by atoms with Gasteiger partial charge in [-0.25, -0.2) is 0 Å². The van der Waals surface area contributed by atoms with Crippen molar-refractivity contribution in [3.05, 3.63) is 48.6 Å². The molecule has 1 aliphatic rings. The summed E-state index contributed by atoms with van der Waals surface area (Å²) in [6.07, 6.45) is 20.7. The van der Waals surface area contributed by atoms with Crippen molar-refractivity contribution in [2.24, 2.45) is 0 Å². The van der Waals surface area contributed by atoms with Crippen LogP contribution in [0.4, 0.5) is 0 Å². The van der Waals surface area contributed by atoms with Gasteiger partial charge in [-0.3, -0.25) is 14.1 Å². The summed E-state index contributed by atoms with van der Waals surface area (Å²) in [6.45, 7) is 3.50. The largest absolute Gasteiger partial charge is 0.462 e. The second-order valence-corrected chi connectivity index (χ2v) is 14.0. The number of rotatable bonds is 28. The lowest BCUT2D eigenvalue weighted by Crippen LogP contribution is -2.60. The van der Waals surface area contributed by atoms with Gasteiger partial charge in [0.2, 0.25) is 0 Å². The molecule has 1 heterocycles. The molecule has 0 amide bonds. The number of allylic oxidation sites excluding steroid dienone is 8. The van der Waals surface area contributed by atoms with Crippen LogP contribution in [0.1, 0.15) is 117 Å². The first-order valence-corrected chi connectivity index (χ1v) is 19.8. The fraction of sp³-hybridized carbons (Fsp3) is 0.730. The molecule has 4 N–H and O–H groups in total. The van der Waals surface area contributed by atoms with Gasteiger partial charge in [0, 0.05) is 12.8 Å². The van der Waals surface area contributed by atoms with Crippen molar-refractivity contribution in [2.75, 3.05) is 19.0 Å². The van der Waals surface area contributed by atoms with Gasteiger partial charge in [-0.15, -0.1) is 0 Å². The average molecular weight is 731 g/mol. The Morgan fingerprint density at radius 2 is 1.26 bits per heavy atom. The third kappa shape index (κ3) is 23.2. The van der Waals surface area contributed by atoms with Crippen LogP contribution in [0.3, 0.4) is 0 Å². The molecule has 0 saturated carbocycles. The number of aliphatic hydroxyl groups excluding tert-OH is 3. The van der Waals surface area contributed by atoms with Gasteiger partial charge >= 0.3 is 11.9 Å². The second-order valence-electron chi connectivity index (χ2n) is 12.5. The van der Waals surface area contributed by atoms with Crippen molar-refractivity contribution in [2.45, 2.75) is 153 Å². The summed E-state index contributed by atoms with van der Waals surface area (Å²) in [5, 5.41) is 30.6. The van der Waals surface area contributed by atoms with Crippen molar-refractivity contribution in [1.82, 2.24) is 0 Å². The zero-order chi connectivity index (χ0) is 37.0. The molecular weight excluding hydrogens is 668 g/mol. The summed E-state index contributed by atoms with van der Waals surface area (Å²) in [7, 11) is -4.60. The Bertz CT molecular complexity index is 1130. The molecule has 288 valence electrons. The summed E-state index contributed by atoms with van der Waals surface area (Å²) in [5.41, 5.74) is 0. The molecule has 0 aliphatic carbocycles. The molecule has 0 aromatic rings. The molecule has 0 spiro atoms. The van der Waals surface area contributed by atoms with Crippen molar-refractivity contribution >= 4 is 22.1 Å². The minimum absolute atomic E-state index is 0.152. The van der Waals surface area contributed by atoms with Gasteiger partial charge in [-0.2, -0.15) is 8.42 Å². The molecule has 0 bridgehead atoms. The molecule has 0 aromatic heterocycles. The van der Waals surface area contributed by atoms with Gasteiger partial charge in [0.25, 0.3) is 10.1 Å². The highest BCUT2D eigenvalue weighted by Crippen LogP contribution is 2.23. The maximum absolute atomic E-state index is 12.6. The molecule has 1 rings (SSSR count). The predicted molar refractivity (Wildman–Crippen MR) is 192 cm³/mol. The van der Waals surface area contributed by atoms with Crippen LogP contribution < -0.4 is 0 Å². The van der Waals surface area contributed by atoms with Gasteiger partial charge in [-0.1, -0.05) is 101 Å². The zero-order valence-corrected chi connectivity index (χ0v) is 30.8. The smallest absolute Gasteiger partial charge is 0.306 e. The number of ether oxygens (including phenoxy) is 4. The minimum Gasteiger partial charge on any atom is -0.462 e. The maximum atomic E-state index is 12.6. The fourth-order valence-corrected chi connectivity index (χ4v) is 5.77. The Hall–Kier alpha value is -2.39. The van der Waals surface area contributed by atoms with Crippen molar-refractivity contribution < 1.29 is 56.8 Å². The minimum atomic E-state index is -4.60. The molecule has 1 saturated heterocycles. The third-order valence-corrected chi connectivity index (χ3v) is 8.67. The van der Waals surface area contributed by atoms with Crippen LogP contribution in [-0.4, -0.2) is 96.0 Å². The van der Waals surface area contributed by atoms with Crippen molar-refractivity contribution in [3.63, 3.8) is 0 Å². The lowest BCUT2D eigenvalue weighted by molar-refractivity contribution is -0.297. The summed E-state index contributed by atoms with van der Waals surface area (Å²) >= 11 is 0. The zero-order valence-electron chi connectivity index (χ0n) is 30.0. The fourth-order valence-electron chi connectivity index (χ4n) is 5.08. The van der Waals surface area contributed by atoms with Crippen LogP contribution in [0.2, 0.25) is 0 Å². The number of unbranched alkanes of at least 4 members (excludes halogenated alkanes) is 8. The van der Waals surface area contributed by atoms with E-state index in [1.807, 2.05) is 0 Å². The molecule has 2 unspecified atom stereocenters. The van der Waals surface area contributed by atoms with Crippen LogP contribution in [0.15, 0.2) is 48.6 Å². The number of hydrogen-bond acceptors (Lipinski definition) is 11. The van der Waals surface area contributed by atoms with E-state index >= 15 is 0 Å². The van der Waals surface area contributed by atoms with Gasteiger partial charge < -0.3 is 34.3 Å². The molecular formula is C37H62O12S. The number of hydrogen-bond donors (Lipinski definition) is 4. The molecule has 6 atom stereocenters. The molecule has 50 heavy (non-hydrogen) atoms. The van der Waals surface area contributed by atoms with Gasteiger partial charge in [0.05, 0.1) is 6.61 Å². The molecule has 0 aromatic carbocycles. The number of esters is 2. The summed E-state index contributed by atoms with van der Waals surface area (Å²) in [6, 6.07) is 0. The first-order valence-electron chi connectivity index (χ1n) is 18.2. The monoisotopic (exact) mass is 730 g/mol. The first-order chi connectivity index (χ1) is 24.0. The lowest BCUT2D eigenvalue weighted by atomic mass is 10.00. The third-order valence-electron chi connectivity index (χ3n) is 7.92. The SMILES string of the molecule is CC/C=C/C/C=C/C/C=C/C/C=C/CCCCC(=O)OC[C@H](CO[C@H]1O[C@H](CS(=O)(=O)O)[C@@H](O)C(O)C1O)OC(=O)CCCCCCCCC. The quantitative estimate of drug-likeness (QED) is 0.0336. The summed E-state index contributed by atoms with van der Waals surface area (Å²) in [4.78, 5) is 25.1. The highest BCUT2D eigenvalue weighted by molar-refractivity contribution is 7.85. The Labute approximate surface area is 299 Å². The number of carbonyl (C=O) groups excluding carboxylic acids is 2. The second kappa shape index (κ2) is 28.2. The van der Waals surface area contributed by atoms with Gasteiger partial charge in [0.15, 0.2) is 12.4 Å². The molecule has 1 fully saturated rings. The van der Waals surface area contributed by atoms with E-state index in [-0.39, 0.29) is 19.4 Å². The molecule has 0 radical (unpaired) electrons. The van der Waals surface area contributed by atoms with E-state index in [4.69, 9.17) is 18.9 Å². The van der Waals surface area contributed by atoms with E-state index < -0.39 is 71.2 Å². The normalized spacial score (nSPS) is 22.2. The van der Waals surface area contributed by atoms with E-state index in [1.165, 1.54) is 6.42 Å². The molecule has 13 heteroatoms. The maximum Gasteiger partial charge on any atom is 0.306 e. The van der Waals surface area contributed by atoms with Gasteiger partial charge in [-0.05, 0) is 51.4 Å². The van der Waals surface area contributed by atoms with Crippen LogP contribution in [-0.2, 0) is 38.7 Å². The van der Waals surface area contributed by atoms with E-state index in [0.717, 1.165) is 70.6 Å². The highest BCUT2D eigenvalue weighted by Gasteiger charge is 2.46. The molecule has 1 aliphatic heterocycles. The van der Waals surface area contributed by atoms with Gasteiger partial charge in [0.1, 0.15) is 36.8 Å². The summed E-state index contributed by atoms with van der Waals surface area (Å²) in [5.74, 6) is -2.05. The van der Waals surface area contributed by atoms with E-state index in [0.29, 0.717) is 12.8 Å². The summed E-state index contributed by atoms with van der Waals surface area (Å²) < 4.78 is 53.5. The number of carbonyl (C=O) groups is 2. The Morgan fingerprint density at radius 1 is 0.700 bits per heavy atom. The first kappa shape index (κ1) is 45.6. The average Bonchev–Trinajstić information content (AvgIpc) is 3.07. The van der Waals surface area contributed by atoms with Crippen LogP contribution in [0.25, 0.3) is 0 Å². The van der Waals surface area contributed by atoms with Crippen LogP contribution >= 0.6 is 0 Å². The number of aliphatic hydroxyl groups is 3. The van der Waals surface area contributed by atoms with Crippen molar-refractivity contribution in [1.29, 1.82) is 0 Å². The van der Waals surface area contributed by atoms with Crippen LogP contribution in [0.5, 0.6) is 0 Å². The van der Waals surface area contributed by atoms with E-state index in [9.17, 15) is 37.9 Å². The Kier molecular flexibility index (Phi) is 25.8. The lowest BCUT2D eigenvalue weighted by Gasteiger charge is -2.40. The highest BCUT2D eigenvalue weighted by atomic mass is 32.2. The standard InChI is InChI=1S/C37H62O12S/c1-3-5-7-9-11-12-13-14-15-16-17-18-20-21-23-25-32(38)46-27-30(48-33(39)26-24-22-19-10-8-6-4-2)28-47-37-36(42)35(41)34(40)31(49-37)29-50(43,44)45/h5,7,11-12,14-15,17-18,30-31,34-37,40-42H,3-4,6,8-10,13,16,19-29H2,1-2H3,(H,43,44,45)/b7-5+,12-11+,15-14+,18-17+/t30-,31-,34-,35?,36?,37+/m1/s1. The molecule has 12 nitrogen and oxygen atoms in total. The Balaban J connectivity index is 2.55.